The molecule has 0 spiro atoms. The highest BCUT2D eigenvalue weighted by molar-refractivity contribution is 6.37. The maximum absolute atomic E-state index is 13.5. The Balaban J connectivity index is 3.09. The molecular formula is C9H9B2F2NO4. The van der Waals surface area contributed by atoms with Crippen LogP contribution in [-0.2, 0) is 0 Å². The average Bonchev–Trinajstić information content (AvgIpc) is 2.12. The van der Waals surface area contributed by atoms with Crippen LogP contribution in [0, 0.1) is 21.7 Å². The summed E-state index contributed by atoms with van der Waals surface area (Å²) in [5, 5.41) is 19.4. The highest BCUT2D eigenvalue weighted by atomic mass is 19.1. The van der Waals surface area contributed by atoms with Gasteiger partial charge in [0.15, 0.2) is 15.7 Å². The smallest absolute Gasteiger partial charge is 0.235 e. The predicted molar refractivity (Wildman–Crippen MR) is 65.1 cm³/mol. The van der Waals surface area contributed by atoms with Crippen molar-refractivity contribution in [3.63, 3.8) is 0 Å². The molecule has 1 N–H and O–H groups in total. The van der Waals surface area contributed by atoms with Crippen LogP contribution in [0.25, 0.3) is 6.08 Å². The fourth-order valence-corrected chi connectivity index (χ4v) is 1.20. The van der Waals surface area contributed by atoms with Crippen LogP contribution in [0.2, 0.25) is 0 Å². The number of hydrogen-bond donors (Lipinski definition) is 1. The van der Waals surface area contributed by atoms with Crippen LogP contribution in [0.5, 0.6) is 5.75 Å². The van der Waals surface area contributed by atoms with Gasteiger partial charge in [-0.15, -0.1) is 0 Å². The SMILES string of the molecule is BC(B)(O)Oc1cc(F)c(/C=C/[N+](=O)[O-])c(F)c1. The van der Waals surface area contributed by atoms with E-state index in [0.717, 1.165) is 12.1 Å². The van der Waals surface area contributed by atoms with Gasteiger partial charge in [-0.1, -0.05) is 0 Å². The fourth-order valence-electron chi connectivity index (χ4n) is 1.20. The van der Waals surface area contributed by atoms with E-state index in [1.54, 1.807) is 0 Å². The maximum atomic E-state index is 13.5. The van der Waals surface area contributed by atoms with Crippen molar-refractivity contribution in [1.29, 1.82) is 0 Å². The molecule has 94 valence electrons. The lowest BCUT2D eigenvalue weighted by Gasteiger charge is -2.20. The van der Waals surface area contributed by atoms with Crippen LogP contribution in [0.3, 0.4) is 0 Å². The number of nitro groups is 1. The molecule has 0 saturated carbocycles. The third-order valence-corrected chi connectivity index (χ3v) is 1.78. The molecule has 9 heteroatoms. The minimum atomic E-state index is -1.59. The van der Waals surface area contributed by atoms with E-state index in [0.29, 0.717) is 12.3 Å². The number of aliphatic hydroxyl groups is 1. The third kappa shape index (κ3) is 4.17. The van der Waals surface area contributed by atoms with E-state index in [2.05, 4.69) is 0 Å². The van der Waals surface area contributed by atoms with Gasteiger partial charge in [-0.05, 0) is 0 Å². The highest BCUT2D eigenvalue weighted by Gasteiger charge is 2.17. The Morgan fingerprint density at radius 1 is 1.39 bits per heavy atom. The second kappa shape index (κ2) is 5.18. The lowest BCUT2D eigenvalue weighted by atomic mass is 9.76. The molecule has 1 aromatic carbocycles. The number of hydrogen-bond acceptors (Lipinski definition) is 4. The first-order valence-electron chi connectivity index (χ1n) is 4.91. The van der Waals surface area contributed by atoms with Crippen molar-refractivity contribution in [2.24, 2.45) is 0 Å². The third-order valence-electron chi connectivity index (χ3n) is 1.78. The molecular weight excluding hydrogens is 246 g/mol. The van der Waals surface area contributed by atoms with Gasteiger partial charge in [-0.25, -0.2) is 8.78 Å². The summed E-state index contributed by atoms with van der Waals surface area (Å²) in [7, 11) is 2.59. The van der Waals surface area contributed by atoms with E-state index in [1.807, 2.05) is 0 Å². The van der Waals surface area contributed by atoms with Crippen molar-refractivity contribution in [2.75, 3.05) is 0 Å². The van der Waals surface area contributed by atoms with Crippen LogP contribution in [0.15, 0.2) is 18.3 Å². The van der Waals surface area contributed by atoms with E-state index in [4.69, 9.17) is 4.74 Å². The van der Waals surface area contributed by atoms with Gasteiger partial charge in [0.05, 0.1) is 10.5 Å². The monoisotopic (exact) mass is 255 g/mol. The Labute approximate surface area is 103 Å². The largest absolute Gasteiger partial charge is 0.480 e. The van der Waals surface area contributed by atoms with E-state index in [9.17, 15) is 24.0 Å². The van der Waals surface area contributed by atoms with Crippen molar-refractivity contribution in [1.82, 2.24) is 0 Å². The molecule has 0 amide bonds. The number of halogens is 2. The van der Waals surface area contributed by atoms with Crippen molar-refractivity contribution in [2.45, 2.75) is 5.59 Å². The zero-order chi connectivity index (χ0) is 13.9. The van der Waals surface area contributed by atoms with Crippen molar-refractivity contribution >= 4 is 21.8 Å². The van der Waals surface area contributed by atoms with Gasteiger partial charge in [0.2, 0.25) is 6.20 Å². The number of rotatable bonds is 4. The van der Waals surface area contributed by atoms with E-state index in [1.165, 1.54) is 15.7 Å². The van der Waals surface area contributed by atoms with Crippen molar-refractivity contribution in [3.8, 4) is 5.75 Å². The van der Waals surface area contributed by atoms with Crippen LogP contribution in [-0.4, -0.2) is 31.3 Å². The Kier molecular flexibility index (Phi) is 4.07. The van der Waals surface area contributed by atoms with Gasteiger partial charge in [-0.2, -0.15) is 0 Å². The zero-order valence-corrected chi connectivity index (χ0v) is 9.68. The standard InChI is InChI=1S/C9H9B2F2NO4/c10-9(11,15)18-5-3-7(12)6(8(13)4-5)1-2-14(16)17/h1-4,15H,10-11H2/b2-1+. The molecule has 0 unspecified atom stereocenters. The zero-order valence-electron chi connectivity index (χ0n) is 9.68. The Hall–Kier alpha value is -1.89. The van der Waals surface area contributed by atoms with Gasteiger partial charge in [0.1, 0.15) is 23.0 Å². The summed E-state index contributed by atoms with van der Waals surface area (Å²) in [5.74, 6) is -2.25. The lowest BCUT2D eigenvalue weighted by Crippen LogP contribution is -2.36. The summed E-state index contributed by atoms with van der Waals surface area (Å²) in [6.07, 6.45) is 1.14. The second-order valence-electron chi connectivity index (χ2n) is 3.95. The van der Waals surface area contributed by atoms with Crippen LogP contribution >= 0.6 is 0 Å². The lowest BCUT2D eigenvalue weighted by molar-refractivity contribution is -0.401. The van der Waals surface area contributed by atoms with Gasteiger partial charge in [-0.3, -0.25) is 10.1 Å². The molecule has 0 aromatic heterocycles. The van der Waals surface area contributed by atoms with E-state index < -0.39 is 27.7 Å². The first-order valence-corrected chi connectivity index (χ1v) is 4.91. The summed E-state index contributed by atoms with van der Waals surface area (Å²) in [5.41, 5.74) is -2.13. The quantitative estimate of drug-likeness (QED) is 0.339. The molecule has 0 radical (unpaired) electrons. The second-order valence-corrected chi connectivity index (χ2v) is 3.95. The minimum Gasteiger partial charge on any atom is -0.480 e. The van der Waals surface area contributed by atoms with E-state index in [-0.39, 0.29) is 5.75 Å². The maximum Gasteiger partial charge on any atom is 0.235 e. The normalized spacial score (nSPS) is 11.7. The van der Waals surface area contributed by atoms with Gasteiger partial charge in [0.25, 0.3) is 0 Å². The Morgan fingerprint density at radius 3 is 2.28 bits per heavy atom. The molecule has 1 aromatic rings. The topological polar surface area (TPSA) is 72.6 Å². The molecule has 0 atom stereocenters. The number of benzene rings is 1. The molecule has 5 nitrogen and oxygen atoms in total. The summed E-state index contributed by atoms with van der Waals surface area (Å²) in [6, 6.07) is 1.67. The summed E-state index contributed by atoms with van der Waals surface area (Å²) in [4.78, 5) is 9.23. The Morgan fingerprint density at radius 2 is 1.89 bits per heavy atom. The van der Waals surface area contributed by atoms with E-state index >= 15 is 0 Å². The molecule has 18 heavy (non-hydrogen) atoms. The number of ether oxygens (including phenoxy) is 1. The molecule has 0 saturated heterocycles. The van der Waals surface area contributed by atoms with Crippen LogP contribution in [0.1, 0.15) is 5.56 Å². The van der Waals surface area contributed by atoms with Gasteiger partial charge in [0, 0.05) is 18.2 Å². The minimum absolute atomic E-state index is 0.212. The summed E-state index contributed by atoms with van der Waals surface area (Å²) in [6.45, 7) is 0. The summed E-state index contributed by atoms with van der Waals surface area (Å²) >= 11 is 0. The van der Waals surface area contributed by atoms with Crippen molar-refractivity contribution < 1.29 is 23.5 Å². The fraction of sp³-hybridized carbons (Fsp3) is 0.111. The average molecular weight is 255 g/mol. The van der Waals surface area contributed by atoms with Crippen LogP contribution in [0.4, 0.5) is 8.78 Å². The molecule has 0 fully saturated rings. The van der Waals surface area contributed by atoms with Gasteiger partial charge < -0.3 is 9.84 Å². The summed E-state index contributed by atoms with van der Waals surface area (Å²) < 4.78 is 31.8. The molecule has 0 aliphatic heterocycles. The van der Waals surface area contributed by atoms with Crippen LogP contribution < -0.4 is 4.74 Å². The molecule has 0 bridgehead atoms. The molecule has 1 rings (SSSR count). The first-order chi connectivity index (χ1) is 8.19. The number of nitrogens with zero attached hydrogens (tertiary/aromatic N) is 1. The molecule has 0 aliphatic carbocycles. The molecule has 0 heterocycles. The van der Waals surface area contributed by atoms with Crippen molar-refractivity contribution in [3.05, 3.63) is 45.6 Å². The predicted octanol–water partition coefficient (Wildman–Crippen LogP) is -0.539. The van der Waals surface area contributed by atoms with Gasteiger partial charge >= 0.3 is 0 Å². The first kappa shape index (κ1) is 14.2. The molecule has 0 aliphatic rings. The Bertz CT molecular complexity index is 479. The highest BCUT2D eigenvalue weighted by Crippen LogP contribution is 2.23.